The number of rotatable bonds is 3. The average molecular weight is 307 g/mol. The van der Waals surface area contributed by atoms with Gasteiger partial charge in [0.2, 0.25) is 0 Å². The van der Waals surface area contributed by atoms with Crippen molar-refractivity contribution >= 4 is 0 Å². The van der Waals surface area contributed by atoms with Gasteiger partial charge in [-0.15, -0.1) is 0 Å². The second-order valence-electron chi connectivity index (χ2n) is 5.79. The van der Waals surface area contributed by atoms with Crippen LogP contribution in [0.25, 0.3) is 11.4 Å². The Kier molecular flexibility index (Phi) is 3.59. The summed E-state index contributed by atoms with van der Waals surface area (Å²) in [4.78, 5) is 15.6. The summed E-state index contributed by atoms with van der Waals surface area (Å²) in [7, 11) is 0. The SMILES string of the molecule is Cc1cc(CN2CCc3cnc(-c4ccncc4)nc3C2)no1. The molecule has 4 heterocycles. The van der Waals surface area contributed by atoms with Crippen molar-refractivity contribution in [2.75, 3.05) is 6.54 Å². The van der Waals surface area contributed by atoms with Crippen LogP contribution in [-0.4, -0.2) is 31.6 Å². The largest absolute Gasteiger partial charge is 0.361 e. The standard InChI is InChI=1S/C17H17N5O/c1-12-8-15(21-23-12)10-22-7-4-14-9-19-17(20-16(14)11-22)13-2-5-18-6-3-13/h2-3,5-6,8-9H,4,7,10-11H2,1H3. The van der Waals surface area contributed by atoms with Gasteiger partial charge in [-0.25, -0.2) is 9.97 Å². The number of aromatic nitrogens is 4. The predicted octanol–water partition coefficient (Wildman–Crippen LogP) is 2.39. The highest BCUT2D eigenvalue weighted by Crippen LogP contribution is 2.21. The molecule has 1 aliphatic rings. The number of pyridine rings is 1. The van der Waals surface area contributed by atoms with Gasteiger partial charge >= 0.3 is 0 Å². The first-order chi connectivity index (χ1) is 11.3. The zero-order valence-electron chi connectivity index (χ0n) is 12.9. The second kappa shape index (κ2) is 5.89. The van der Waals surface area contributed by atoms with Gasteiger partial charge < -0.3 is 4.52 Å². The Morgan fingerprint density at radius 2 is 2.13 bits per heavy atom. The van der Waals surface area contributed by atoms with E-state index in [9.17, 15) is 0 Å². The van der Waals surface area contributed by atoms with Crippen molar-refractivity contribution in [3.63, 3.8) is 0 Å². The van der Waals surface area contributed by atoms with Crippen molar-refractivity contribution < 1.29 is 4.52 Å². The first-order valence-corrected chi connectivity index (χ1v) is 7.68. The molecule has 0 saturated carbocycles. The van der Waals surface area contributed by atoms with E-state index in [1.165, 1.54) is 5.56 Å². The van der Waals surface area contributed by atoms with Gasteiger partial charge in [-0.3, -0.25) is 9.88 Å². The van der Waals surface area contributed by atoms with Crippen LogP contribution in [0.5, 0.6) is 0 Å². The molecule has 0 aromatic carbocycles. The minimum atomic E-state index is 0.755. The molecule has 0 unspecified atom stereocenters. The topological polar surface area (TPSA) is 67.9 Å². The number of aryl methyl sites for hydroxylation is 1. The number of fused-ring (bicyclic) bond motifs is 1. The van der Waals surface area contributed by atoms with Gasteiger partial charge in [-0.2, -0.15) is 0 Å². The lowest BCUT2D eigenvalue weighted by Gasteiger charge is -2.27. The molecule has 6 heteroatoms. The summed E-state index contributed by atoms with van der Waals surface area (Å²) < 4.78 is 5.14. The van der Waals surface area contributed by atoms with Crippen molar-refractivity contribution in [1.82, 2.24) is 25.0 Å². The zero-order valence-corrected chi connectivity index (χ0v) is 12.9. The van der Waals surface area contributed by atoms with Crippen LogP contribution >= 0.6 is 0 Å². The Morgan fingerprint density at radius 1 is 1.26 bits per heavy atom. The number of hydrogen-bond donors (Lipinski definition) is 0. The molecule has 0 spiro atoms. The van der Waals surface area contributed by atoms with E-state index >= 15 is 0 Å². The zero-order chi connectivity index (χ0) is 15.6. The van der Waals surface area contributed by atoms with Crippen LogP contribution in [0.1, 0.15) is 22.7 Å². The van der Waals surface area contributed by atoms with Crippen LogP contribution in [0.3, 0.4) is 0 Å². The molecule has 0 N–H and O–H groups in total. The van der Waals surface area contributed by atoms with E-state index in [1.54, 1.807) is 12.4 Å². The maximum absolute atomic E-state index is 5.14. The third-order valence-corrected chi connectivity index (χ3v) is 4.03. The fourth-order valence-corrected chi connectivity index (χ4v) is 2.85. The number of hydrogen-bond acceptors (Lipinski definition) is 6. The molecule has 6 nitrogen and oxygen atoms in total. The fourth-order valence-electron chi connectivity index (χ4n) is 2.85. The lowest BCUT2D eigenvalue weighted by molar-refractivity contribution is 0.233. The molecule has 3 aromatic heterocycles. The van der Waals surface area contributed by atoms with Gasteiger partial charge in [0.25, 0.3) is 0 Å². The van der Waals surface area contributed by atoms with Crippen molar-refractivity contribution in [1.29, 1.82) is 0 Å². The van der Waals surface area contributed by atoms with Gasteiger partial charge in [0.1, 0.15) is 5.76 Å². The molecule has 0 radical (unpaired) electrons. The van der Waals surface area contributed by atoms with Gasteiger partial charge in [-0.1, -0.05) is 5.16 Å². The maximum atomic E-state index is 5.14. The Morgan fingerprint density at radius 3 is 2.91 bits per heavy atom. The molecule has 0 aliphatic carbocycles. The smallest absolute Gasteiger partial charge is 0.159 e. The van der Waals surface area contributed by atoms with E-state index in [2.05, 4.69) is 20.0 Å². The average Bonchev–Trinajstić information content (AvgIpc) is 3.00. The van der Waals surface area contributed by atoms with Crippen molar-refractivity contribution in [3.05, 3.63) is 59.5 Å². The van der Waals surface area contributed by atoms with Gasteiger partial charge in [-0.05, 0) is 31.0 Å². The first kappa shape index (κ1) is 14.0. The highest BCUT2D eigenvalue weighted by atomic mass is 16.5. The van der Waals surface area contributed by atoms with Crippen LogP contribution in [0, 0.1) is 6.92 Å². The summed E-state index contributed by atoms with van der Waals surface area (Å²) in [5, 5.41) is 4.07. The van der Waals surface area contributed by atoms with Gasteiger partial charge in [0.05, 0.1) is 11.4 Å². The van der Waals surface area contributed by atoms with Crippen LogP contribution in [0.2, 0.25) is 0 Å². The molecule has 3 aromatic rings. The van der Waals surface area contributed by atoms with Crippen LogP contribution in [0.15, 0.2) is 41.3 Å². The summed E-state index contributed by atoms with van der Waals surface area (Å²) >= 11 is 0. The van der Waals surface area contributed by atoms with E-state index in [4.69, 9.17) is 9.51 Å². The van der Waals surface area contributed by atoms with Crippen LogP contribution < -0.4 is 0 Å². The quantitative estimate of drug-likeness (QED) is 0.740. The minimum absolute atomic E-state index is 0.755. The van der Waals surface area contributed by atoms with E-state index in [0.717, 1.165) is 54.6 Å². The molecule has 4 rings (SSSR count). The molecule has 23 heavy (non-hydrogen) atoms. The van der Waals surface area contributed by atoms with E-state index in [1.807, 2.05) is 31.3 Å². The van der Waals surface area contributed by atoms with E-state index < -0.39 is 0 Å². The molecule has 116 valence electrons. The molecule has 0 saturated heterocycles. The predicted molar refractivity (Wildman–Crippen MR) is 84.3 cm³/mol. The molecule has 0 fully saturated rings. The highest BCUT2D eigenvalue weighted by molar-refractivity contribution is 5.54. The van der Waals surface area contributed by atoms with Crippen molar-refractivity contribution in [2.24, 2.45) is 0 Å². The molecular formula is C17H17N5O. The minimum Gasteiger partial charge on any atom is -0.361 e. The molecule has 0 amide bonds. The molecule has 0 bridgehead atoms. The fraction of sp³-hybridized carbons (Fsp3) is 0.294. The third-order valence-electron chi connectivity index (χ3n) is 4.03. The summed E-state index contributed by atoms with van der Waals surface area (Å²) in [6.07, 6.45) is 6.44. The van der Waals surface area contributed by atoms with Gasteiger partial charge in [0, 0.05) is 49.9 Å². The normalized spacial score (nSPS) is 14.7. The van der Waals surface area contributed by atoms with Crippen molar-refractivity contribution in [2.45, 2.75) is 26.4 Å². The monoisotopic (exact) mass is 307 g/mol. The van der Waals surface area contributed by atoms with Crippen LogP contribution in [0.4, 0.5) is 0 Å². The lowest BCUT2D eigenvalue weighted by atomic mass is 10.1. The second-order valence-corrected chi connectivity index (χ2v) is 5.79. The molecule has 0 atom stereocenters. The number of nitrogens with zero attached hydrogens (tertiary/aromatic N) is 5. The highest BCUT2D eigenvalue weighted by Gasteiger charge is 2.20. The van der Waals surface area contributed by atoms with E-state index in [-0.39, 0.29) is 0 Å². The maximum Gasteiger partial charge on any atom is 0.159 e. The van der Waals surface area contributed by atoms with E-state index in [0.29, 0.717) is 0 Å². The summed E-state index contributed by atoms with van der Waals surface area (Å²) in [5.74, 6) is 1.60. The van der Waals surface area contributed by atoms with Gasteiger partial charge in [0.15, 0.2) is 5.82 Å². The third kappa shape index (κ3) is 2.98. The Bertz CT molecular complexity index is 815. The Balaban J connectivity index is 1.56. The lowest BCUT2D eigenvalue weighted by Crippen LogP contribution is -2.31. The Labute approximate surface area is 134 Å². The van der Waals surface area contributed by atoms with Crippen LogP contribution in [-0.2, 0) is 19.5 Å². The van der Waals surface area contributed by atoms with Crippen molar-refractivity contribution in [3.8, 4) is 11.4 Å². The summed E-state index contributed by atoms with van der Waals surface area (Å²) in [6, 6.07) is 5.85. The summed E-state index contributed by atoms with van der Waals surface area (Å²) in [5.41, 5.74) is 4.29. The first-order valence-electron chi connectivity index (χ1n) is 7.68. The summed E-state index contributed by atoms with van der Waals surface area (Å²) in [6.45, 7) is 4.49. The molecule has 1 aliphatic heterocycles. The Hall–Kier alpha value is -2.60. The molecular weight excluding hydrogens is 290 g/mol.